The molecule has 0 saturated carbocycles. The van der Waals surface area contributed by atoms with Gasteiger partial charge in [-0.25, -0.2) is 0 Å². The first-order chi connectivity index (χ1) is 3.80. The van der Waals surface area contributed by atoms with E-state index >= 15 is 0 Å². The lowest BCUT2D eigenvalue weighted by molar-refractivity contribution is -0.233. The minimum absolute atomic E-state index is 0.108. The monoisotopic (exact) mass is 117 g/mol. The van der Waals surface area contributed by atoms with Gasteiger partial charge in [-0.05, 0) is 13.3 Å². The molecule has 1 N–H and O–H groups in total. The van der Waals surface area contributed by atoms with Gasteiger partial charge in [0, 0.05) is 6.54 Å². The average Bonchev–Trinajstić information content (AvgIpc) is 1.77. The number of rotatable bonds is 0. The minimum Gasteiger partial charge on any atom is -0.361 e. The van der Waals surface area contributed by atoms with Crippen LogP contribution in [-0.4, -0.2) is 29.7 Å². The van der Waals surface area contributed by atoms with Crippen molar-refractivity contribution in [3.05, 3.63) is 0 Å². The molecule has 0 aromatic heterocycles. The van der Waals surface area contributed by atoms with Gasteiger partial charge < -0.3 is 9.94 Å². The highest BCUT2D eigenvalue weighted by Gasteiger charge is 2.14. The summed E-state index contributed by atoms with van der Waals surface area (Å²) in [5.74, 6) is 0. The van der Waals surface area contributed by atoms with Crippen molar-refractivity contribution >= 4 is 0 Å². The Hall–Kier alpha value is -0.120. The fraction of sp³-hybridized carbons (Fsp3) is 1.00. The Labute approximate surface area is 48.8 Å². The maximum Gasteiger partial charge on any atom is 0.130 e. The van der Waals surface area contributed by atoms with Crippen LogP contribution < -0.4 is 0 Å². The van der Waals surface area contributed by atoms with Gasteiger partial charge in [0.1, 0.15) is 6.23 Å². The van der Waals surface area contributed by atoms with E-state index in [1.165, 1.54) is 5.06 Å². The summed E-state index contributed by atoms with van der Waals surface area (Å²) < 4.78 is 5.07. The quantitative estimate of drug-likeness (QED) is 0.500. The Bertz CT molecular complexity index is 66.8. The van der Waals surface area contributed by atoms with Gasteiger partial charge in [-0.1, -0.05) is 0 Å². The molecule has 1 aliphatic heterocycles. The van der Waals surface area contributed by atoms with Crippen molar-refractivity contribution in [1.82, 2.24) is 5.06 Å². The van der Waals surface area contributed by atoms with Crippen LogP contribution in [0.4, 0.5) is 0 Å². The van der Waals surface area contributed by atoms with Crippen LogP contribution in [0.25, 0.3) is 0 Å². The molecule has 3 heteroatoms. The Morgan fingerprint density at radius 3 is 2.88 bits per heavy atom. The molecule has 0 spiro atoms. The summed E-state index contributed by atoms with van der Waals surface area (Å²) in [6.07, 6.45) is 0.824. The third-order valence-electron chi connectivity index (χ3n) is 1.31. The standard InChI is InChI=1S/C5H11NO2/c1-5-6(7)3-2-4-8-5/h5,7H,2-4H2,1H3. The zero-order chi connectivity index (χ0) is 5.98. The lowest BCUT2D eigenvalue weighted by Gasteiger charge is -2.27. The molecule has 1 atom stereocenters. The van der Waals surface area contributed by atoms with E-state index in [1.54, 1.807) is 0 Å². The third-order valence-corrected chi connectivity index (χ3v) is 1.31. The normalized spacial score (nSPS) is 33.0. The zero-order valence-electron chi connectivity index (χ0n) is 5.00. The van der Waals surface area contributed by atoms with Gasteiger partial charge in [-0.15, -0.1) is 0 Å². The molecule has 3 nitrogen and oxygen atoms in total. The van der Waals surface area contributed by atoms with Crippen molar-refractivity contribution in [2.24, 2.45) is 0 Å². The molecule has 1 heterocycles. The van der Waals surface area contributed by atoms with E-state index in [4.69, 9.17) is 9.94 Å². The number of hydrogen-bond donors (Lipinski definition) is 1. The van der Waals surface area contributed by atoms with Gasteiger partial charge in [0.15, 0.2) is 0 Å². The van der Waals surface area contributed by atoms with Crippen molar-refractivity contribution in [2.45, 2.75) is 19.6 Å². The second-order valence-corrected chi connectivity index (χ2v) is 1.99. The number of hydrogen-bond acceptors (Lipinski definition) is 3. The van der Waals surface area contributed by atoms with Gasteiger partial charge in [-0.2, -0.15) is 5.06 Å². The summed E-state index contributed by atoms with van der Waals surface area (Å²) >= 11 is 0. The predicted octanol–water partition coefficient (Wildman–Crippen LogP) is 0.444. The largest absolute Gasteiger partial charge is 0.361 e. The molecule has 0 amide bonds. The first-order valence-corrected chi connectivity index (χ1v) is 2.88. The molecular formula is C5H11NO2. The lowest BCUT2D eigenvalue weighted by Crippen LogP contribution is -2.37. The van der Waals surface area contributed by atoms with Crippen LogP contribution in [0.15, 0.2) is 0 Å². The topological polar surface area (TPSA) is 32.7 Å². The van der Waals surface area contributed by atoms with E-state index in [9.17, 15) is 0 Å². The molecule has 1 rings (SSSR count). The first kappa shape index (κ1) is 6.01. The highest BCUT2D eigenvalue weighted by atomic mass is 16.6. The van der Waals surface area contributed by atoms with Gasteiger partial charge in [0.2, 0.25) is 0 Å². The van der Waals surface area contributed by atoms with E-state index < -0.39 is 0 Å². The van der Waals surface area contributed by atoms with Crippen molar-refractivity contribution in [1.29, 1.82) is 0 Å². The molecule has 0 bridgehead atoms. The van der Waals surface area contributed by atoms with Crippen LogP contribution in [0.5, 0.6) is 0 Å². The highest BCUT2D eigenvalue weighted by molar-refractivity contribution is 4.53. The van der Waals surface area contributed by atoms with E-state index in [2.05, 4.69) is 0 Å². The van der Waals surface area contributed by atoms with Crippen molar-refractivity contribution in [2.75, 3.05) is 13.2 Å². The van der Waals surface area contributed by atoms with E-state index in [0.29, 0.717) is 0 Å². The van der Waals surface area contributed by atoms with Crippen LogP contribution in [0.3, 0.4) is 0 Å². The second-order valence-electron chi connectivity index (χ2n) is 1.99. The number of ether oxygens (including phenoxy) is 1. The summed E-state index contributed by atoms with van der Waals surface area (Å²) in [7, 11) is 0. The van der Waals surface area contributed by atoms with E-state index in [0.717, 1.165) is 19.6 Å². The highest BCUT2D eigenvalue weighted by Crippen LogP contribution is 2.04. The average molecular weight is 117 g/mol. The van der Waals surface area contributed by atoms with Crippen LogP contribution in [-0.2, 0) is 4.74 Å². The third kappa shape index (κ3) is 1.18. The fourth-order valence-electron chi connectivity index (χ4n) is 0.748. The number of hydroxylamine groups is 2. The molecule has 1 fully saturated rings. The molecule has 1 saturated heterocycles. The summed E-state index contributed by atoms with van der Waals surface area (Å²) in [5.41, 5.74) is 0. The maximum atomic E-state index is 8.89. The molecule has 1 unspecified atom stereocenters. The Balaban J connectivity index is 2.28. The van der Waals surface area contributed by atoms with Crippen molar-refractivity contribution < 1.29 is 9.94 Å². The molecule has 0 aromatic rings. The van der Waals surface area contributed by atoms with Crippen LogP contribution in [0, 0.1) is 0 Å². The smallest absolute Gasteiger partial charge is 0.130 e. The molecule has 1 aliphatic rings. The minimum atomic E-state index is -0.108. The van der Waals surface area contributed by atoms with Crippen LogP contribution in [0.2, 0.25) is 0 Å². The van der Waals surface area contributed by atoms with Gasteiger partial charge >= 0.3 is 0 Å². The van der Waals surface area contributed by atoms with Crippen molar-refractivity contribution in [3.8, 4) is 0 Å². The Morgan fingerprint density at radius 2 is 2.50 bits per heavy atom. The Kier molecular flexibility index (Phi) is 1.83. The van der Waals surface area contributed by atoms with Crippen LogP contribution in [0.1, 0.15) is 13.3 Å². The van der Waals surface area contributed by atoms with Crippen molar-refractivity contribution in [3.63, 3.8) is 0 Å². The first-order valence-electron chi connectivity index (χ1n) is 2.88. The van der Waals surface area contributed by atoms with Crippen LogP contribution >= 0.6 is 0 Å². The molecule has 48 valence electrons. The van der Waals surface area contributed by atoms with Gasteiger partial charge in [0.05, 0.1) is 6.61 Å². The molecule has 0 aromatic carbocycles. The van der Waals surface area contributed by atoms with Gasteiger partial charge in [-0.3, -0.25) is 0 Å². The summed E-state index contributed by atoms with van der Waals surface area (Å²) in [6.45, 7) is 3.35. The second kappa shape index (κ2) is 2.44. The van der Waals surface area contributed by atoms with E-state index in [-0.39, 0.29) is 6.23 Å². The number of nitrogens with zero attached hydrogens (tertiary/aromatic N) is 1. The molecule has 8 heavy (non-hydrogen) atoms. The SMILES string of the molecule is CC1OCCCN1O. The zero-order valence-corrected chi connectivity index (χ0v) is 5.00. The predicted molar refractivity (Wildman–Crippen MR) is 28.5 cm³/mol. The molecule has 0 radical (unpaired) electrons. The lowest BCUT2D eigenvalue weighted by atomic mass is 10.4. The van der Waals surface area contributed by atoms with E-state index in [1.807, 2.05) is 6.92 Å². The fourth-order valence-corrected chi connectivity index (χ4v) is 0.748. The Morgan fingerprint density at radius 1 is 1.75 bits per heavy atom. The molecular weight excluding hydrogens is 106 g/mol. The molecule has 0 aliphatic carbocycles. The summed E-state index contributed by atoms with van der Waals surface area (Å²) in [4.78, 5) is 0. The maximum absolute atomic E-state index is 8.89. The summed E-state index contributed by atoms with van der Waals surface area (Å²) in [6, 6.07) is 0. The summed E-state index contributed by atoms with van der Waals surface area (Å²) in [5, 5.41) is 10.1. The van der Waals surface area contributed by atoms with Gasteiger partial charge in [0.25, 0.3) is 0 Å².